The van der Waals surface area contributed by atoms with Crippen molar-refractivity contribution in [2.75, 3.05) is 0 Å². The zero-order valence-electron chi connectivity index (χ0n) is 29.8. The van der Waals surface area contributed by atoms with Crippen molar-refractivity contribution in [1.82, 2.24) is 5.32 Å². The fraction of sp³-hybridized carbons (Fsp3) is 0.0196. The van der Waals surface area contributed by atoms with Crippen LogP contribution in [0.1, 0.15) is 22.9 Å². The SMILES string of the molecule is c1ccc(-c2ccc(C3=NC(c4ccc5c(c4)sc4ccc(-c6ccc7c8ccccc8c8ccccc8c7c6)cc45)=NC(c4ccccc4)N3)cc2)cc1. The molecular formula is C51H33N3S. The smallest absolute Gasteiger partial charge is 0.159 e. The lowest BCUT2D eigenvalue weighted by Crippen LogP contribution is -2.33. The van der Waals surface area contributed by atoms with E-state index >= 15 is 0 Å². The molecule has 2 heterocycles. The van der Waals surface area contributed by atoms with E-state index in [9.17, 15) is 0 Å². The Hall–Kier alpha value is -6.88. The summed E-state index contributed by atoms with van der Waals surface area (Å²) in [5.41, 5.74) is 7.94. The zero-order valence-corrected chi connectivity index (χ0v) is 30.6. The lowest BCUT2D eigenvalue weighted by molar-refractivity contribution is 0.674. The fourth-order valence-corrected chi connectivity index (χ4v) is 9.29. The van der Waals surface area contributed by atoms with Crippen LogP contribution in [0.2, 0.25) is 0 Å². The minimum Gasteiger partial charge on any atom is -0.344 e. The van der Waals surface area contributed by atoms with Crippen LogP contribution in [0.3, 0.4) is 0 Å². The molecule has 0 saturated carbocycles. The van der Waals surface area contributed by atoms with Gasteiger partial charge in [0.1, 0.15) is 12.0 Å². The van der Waals surface area contributed by atoms with Gasteiger partial charge >= 0.3 is 0 Å². The Morgan fingerprint density at radius 3 is 1.58 bits per heavy atom. The van der Waals surface area contributed by atoms with Crippen LogP contribution in [0.15, 0.2) is 198 Å². The number of fused-ring (bicyclic) bond motifs is 9. The Morgan fingerprint density at radius 2 is 0.873 bits per heavy atom. The topological polar surface area (TPSA) is 36.8 Å². The van der Waals surface area contributed by atoms with Gasteiger partial charge < -0.3 is 5.32 Å². The summed E-state index contributed by atoms with van der Waals surface area (Å²) in [6.45, 7) is 0. The Kier molecular flexibility index (Phi) is 7.42. The lowest BCUT2D eigenvalue weighted by Gasteiger charge is -2.23. The first-order valence-corrected chi connectivity index (χ1v) is 19.5. The number of thiophene rings is 1. The highest BCUT2D eigenvalue weighted by Crippen LogP contribution is 2.40. The minimum absolute atomic E-state index is 0.254. The van der Waals surface area contributed by atoms with Crippen LogP contribution in [0, 0.1) is 0 Å². The molecule has 1 aromatic heterocycles. The van der Waals surface area contributed by atoms with Crippen LogP contribution in [0.5, 0.6) is 0 Å². The van der Waals surface area contributed by atoms with Gasteiger partial charge in [-0.2, -0.15) is 0 Å². The molecule has 1 N–H and O–H groups in total. The highest BCUT2D eigenvalue weighted by atomic mass is 32.1. The maximum absolute atomic E-state index is 5.17. The molecule has 258 valence electrons. The van der Waals surface area contributed by atoms with Gasteiger partial charge in [-0.3, -0.25) is 0 Å². The molecule has 0 radical (unpaired) electrons. The molecule has 0 amide bonds. The van der Waals surface area contributed by atoms with E-state index in [0.717, 1.165) is 28.4 Å². The second-order valence-corrected chi connectivity index (χ2v) is 15.3. The fourth-order valence-electron chi connectivity index (χ4n) is 8.17. The predicted molar refractivity (Wildman–Crippen MR) is 235 cm³/mol. The van der Waals surface area contributed by atoms with Gasteiger partial charge in [-0.1, -0.05) is 164 Å². The first-order chi connectivity index (χ1) is 27.2. The van der Waals surface area contributed by atoms with Crippen molar-refractivity contribution in [3.05, 3.63) is 205 Å². The standard InChI is InChI=1S/C51H33N3S/c1-3-11-32(12-4-1)33-19-21-35(22-20-33)50-52-49(34-13-5-2-6-14-34)53-51(54-50)38-24-27-44-46-30-37(25-28-47(46)55-48(44)31-38)36-23-26-43-41-17-8-7-15-39(41)40-16-9-10-18-42(40)45(43)29-36/h1-31,49H,(H,52,53,54). The number of rotatable bonds is 5. The Bertz CT molecular complexity index is 3120. The summed E-state index contributed by atoms with van der Waals surface area (Å²) in [5, 5.41) is 13.9. The summed E-state index contributed by atoms with van der Waals surface area (Å²) in [7, 11) is 0. The van der Waals surface area contributed by atoms with Crippen LogP contribution >= 0.6 is 11.3 Å². The highest BCUT2D eigenvalue weighted by Gasteiger charge is 2.22. The van der Waals surface area contributed by atoms with Gasteiger partial charge in [-0.15, -0.1) is 11.3 Å². The molecule has 0 spiro atoms. The summed E-state index contributed by atoms with van der Waals surface area (Å²) >= 11 is 1.82. The van der Waals surface area contributed by atoms with E-state index < -0.39 is 0 Å². The average Bonchev–Trinajstić information content (AvgIpc) is 3.64. The molecule has 0 aliphatic carbocycles. The third-order valence-corrected chi connectivity index (χ3v) is 12.1. The number of amidine groups is 2. The molecule has 1 aliphatic rings. The van der Waals surface area contributed by atoms with Gasteiger partial charge in [0, 0.05) is 31.3 Å². The molecule has 4 heteroatoms. The Balaban J connectivity index is 0.983. The van der Waals surface area contributed by atoms with Crippen LogP contribution < -0.4 is 5.32 Å². The molecular weight excluding hydrogens is 687 g/mol. The minimum atomic E-state index is -0.254. The van der Waals surface area contributed by atoms with Gasteiger partial charge in [0.05, 0.1) is 0 Å². The summed E-state index contributed by atoms with van der Waals surface area (Å²) in [4.78, 5) is 10.3. The second-order valence-electron chi connectivity index (χ2n) is 14.2. The molecule has 0 fully saturated rings. The van der Waals surface area contributed by atoms with Crippen LogP contribution in [-0.2, 0) is 0 Å². The highest BCUT2D eigenvalue weighted by molar-refractivity contribution is 7.25. The first-order valence-electron chi connectivity index (χ1n) is 18.7. The third kappa shape index (κ3) is 5.50. The number of hydrogen-bond acceptors (Lipinski definition) is 4. The van der Waals surface area contributed by atoms with Gasteiger partial charge in [0.15, 0.2) is 5.84 Å². The summed E-state index contributed by atoms with van der Waals surface area (Å²) in [5.74, 6) is 1.54. The molecule has 10 aromatic rings. The van der Waals surface area contributed by atoms with E-state index in [2.05, 4.69) is 181 Å². The molecule has 9 aromatic carbocycles. The lowest BCUT2D eigenvalue weighted by atomic mass is 9.92. The average molecular weight is 720 g/mol. The van der Waals surface area contributed by atoms with Crippen LogP contribution in [-0.4, -0.2) is 11.7 Å². The molecule has 1 unspecified atom stereocenters. The van der Waals surface area contributed by atoms with E-state index in [4.69, 9.17) is 9.98 Å². The van der Waals surface area contributed by atoms with Crippen molar-refractivity contribution in [2.45, 2.75) is 6.17 Å². The number of hydrogen-bond donors (Lipinski definition) is 1. The third-order valence-electron chi connectivity index (χ3n) is 10.9. The molecule has 11 rings (SSSR count). The van der Waals surface area contributed by atoms with Crippen molar-refractivity contribution in [1.29, 1.82) is 0 Å². The Morgan fingerprint density at radius 1 is 0.364 bits per heavy atom. The van der Waals surface area contributed by atoms with E-state index in [1.54, 1.807) is 0 Å². The number of benzene rings is 9. The summed E-state index contributed by atoms with van der Waals surface area (Å²) in [6.07, 6.45) is -0.254. The molecule has 1 aliphatic heterocycles. The summed E-state index contributed by atoms with van der Waals surface area (Å²) in [6, 6.07) is 67.6. The zero-order chi connectivity index (χ0) is 36.3. The number of aliphatic imine (C=N–C) groups is 2. The Labute approximate surface area is 322 Å². The van der Waals surface area contributed by atoms with E-state index in [1.807, 2.05) is 23.5 Å². The van der Waals surface area contributed by atoms with Gasteiger partial charge in [-0.25, -0.2) is 9.98 Å². The van der Waals surface area contributed by atoms with Crippen LogP contribution in [0.4, 0.5) is 0 Å². The van der Waals surface area contributed by atoms with Gasteiger partial charge in [-0.05, 0) is 84.4 Å². The monoisotopic (exact) mass is 719 g/mol. The molecule has 3 nitrogen and oxygen atoms in total. The first kappa shape index (κ1) is 31.6. The van der Waals surface area contributed by atoms with Crippen molar-refractivity contribution >= 4 is 75.5 Å². The number of nitrogens with one attached hydrogen (secondary N) is 1. The van der Waals surface area contributed by atoms with E-state index in [-0.39, 0.29) is 6.17 Å². The second kappa shape index (κ2) is 12.9. The maximum Gasteiger partial charge on any atom is 0.159 e. The van der Waals surface area contributed by atoms with E-state index in [0.29, 0.717) is 0 Å². The maximum atomic E-state index is 5.17. The normalized spacial score (nSPS) is 14.4. The van der Waals surface area contributed by atoms with Gasteiger partial charge in [0.25, 0.3) is 0 Å². The number of nitrogens with zero attached hydrogens (tertiary/aromatic N) is 2. The van der Waals surface area contributed by atoms with Crippen molar-refractivity contribution in [3.63, 3.8) is 0 Å². The molecule has 1 atom stereocenters. The molecule has 0 saturated heterocycles. The van der Waals surface area contributed by atoms with Crippen LogP contribution in [0.25, 0.3) is 74.7 Å². The molecule has 0 bridgehead atoms. The summed E-state index contributed by atoms with van der Waals surface area (Å²) < 4.78 is 2.49. The van der Waals surface area contributed by atoms with Crippen molar-refractivity contribution in [2.24, 2.45) is 9.98 Å². The molecule has 55 heavy (non-hydrogen) atoms. The predicted octanol–water partition coefficient (Wildman–Crippen LogP) is 13.3. The van der Waals surface area contributed by atoms with Crippen molar-refractivity contribution < 1.29 is 0 Å². The van der Waals surface area contributed by atoms with Gasteiger partial charge in [0.2, 0.25) is 0 Å². The van der Waals surface area contributed by atoms with Crippen molar-refractivity contribution in [3.8, 4) is 22.3 Å². The quantitative estimate of drug-likeness (QED) is 0.177. The largest absolute Gasteiger partial charge is 0.344 e. The van der Waals surface area contributed by atoms with E-state index in [1.165, 1.54) is 74.7 Å².